The highest BCUT2D eigenvalue weighted by Gasteiger charge is 2.39. The van der Waals surface area contributed by atoms with Crippen LogP contribution < -0.4 is 10.1 Å². The van der Waals surface area contributed by atoms with Crippen LogP contribution in [0.5, 0.6) is 5.75 Å². The molecule has 0 atom stereocenters. The van der Waals surface area contributed by atoms with Gasteiger partial charge < -0.3 is 32.8 Å². The molecule has 0 fully saturated rings. The van der Waals surface area contributed by atoms with Gasteiger partial charge in [0.1, 0.15) is 5.75 Å². The lowest BCUT2D eigenvalue weighted by Crippen LogP contribution is -2.46. The Morgan fingerprint density at radius 2 is 1.41 bits per heavy atom. The van der Waals surface area contributed by atoms with E-state index in [0.29, 0.717) is 57.2 Å². The number of carbonyl (C=O) groups is 2. The average molecular weight is 580 g/mol. The lowest BCUT2D eigenvalue weighted by atomic mass is 10.2. The molecule has 1 N–H and O–H groups in total. The van der Waals surface area contributed by atoms with Crippen LogP contribution in [0, 0.1) is 0 Å². The zero-order chi connectivity index (χ0) is 29.0. The molecular formula is C26H40F3NO8Si. The highest BCUT2D eigenvalue weighted by atomic mass is 28.4. The van der Waals surface area contributed by atoms with Crippen LogP contribution in [0.4, 0.5) is 18.0 Å². The second kappa shape index (κ2) is 19.4. The summed E-state index contributed by atoms with van der Waals surface area (Å²) in [7, 11) is -2.71. The molecule has 1 amide bonds. The van der Waals surface area contributed by atoms with Crippen molar-refractivity contribution >= 4 is 26.9 Å². The number of alkyl halides is 3. The maximum absolute atomic E-state index is 12.2. The monoisotopic (exact) mass is 579 g/mol. The third-order valence-electron chi connectivity index (χ3n) is 5.06. The molecule has 1 aromatic carbocycles. The van der Waals surface area contributed by atoms with E-state index < -0.39 is 27.2 Å². The highest BCUT2D eigenvalue weighted by Crippen LogP contribution is 2.23. The van der Waals surface area contributed by atoms with Crippen molar-refractivity contribution in [3.8, 4) is 5.75 Å². The quantitative estimate of drug-likeness (QED) is 0.0887. The number of hydrogen-bond donors (Lipinski definition) is 1. The summed E-state index contributed by atoms with van der Waals surface area (Å²) >= 11 is 0. The first-order chi connectivity index (χ1) is 18.6. The standard InChI is InChI=1S/C26H40F3NO8Si/c1-4-35-39(36-5-2,37-6-3)21-11-18-30-25(32)34-20-10-8-7-9-19-33-24(31)17-14-22-12-15-23(16-13-22)38-26(27,28)29/h12-17H,4-11,18-21H2,1-3H3,(H,30,32)/b17-14+. The van der Waals surface area contributed by atoms with Gasteiger partial charge in [0, 0.05) is 38.5 Å². The molecule has 13 heteroatoms. The molecule has 222 valence electrons. The van der Waals surface area contributed by atoms with Crippen molar-refractivity contribution in [1.29, 1.82) is 0 Å². The molecule has 1 rings (SSSR count). The Morgan fingerprint density at radius 1 is 0.846 bits per heavy atom. The van der Waals surface area contributed by atoms with Gasteiger partial charge in [0.05, 0.1) is 13.2 Å². The molecule has 0 aliphatic rings. The summed E-state index contributed by atoms with van der Waals surface area (Å²) in [6.45, 7) is 8.16. The summed E-state index contributed by atoms with van der Waals surface area (Å²) in [4.78, 5) is 23.6. The Hall–Kier alpha value is -2.61. The minimum Gasteiger partial charge on any atom is -0.463 e. The molecule has 1 aromatic rings. The van der Waals surface area contributed by atoms with E-state index in [9.17, 15) is 22.8 Å². The fourth-order valence-corrected chi connectivity index (χ4v) is 6.05. The molecule has 9 nitrogen and oxygen atoms in total. The molecule has 0 aliphatic carbocycles. The number of rotatable bonds is 20. The summed E-state index contributed by atoms with van der Waals surface area (Å²) < 4.78 is 67.9. The van der Waals surface area contributed by atoms with E-state index in [0.717, 1.165) is 25.0 Å². The summed E-state index contributed by atoms with van der Waals surface area (Å²) in [5.74, 6) is -0.885. The number of amides is 1. The van der Waals surface area contributed by atoms with Crippen molar-refractivity contribution in [1.82, 2.24) is 5.32 Å². The van der Waals surface area contributed by atoms with E-state index in [1.54, 1.807) is 0 Å². The summed E-state index contributed by atoms with van der Waals surface area (Å²) in [5.41, 5.74) is 0.530. The zero-order valence-electron chi connectivity index (χ0n) is 22.8. The van der Waals surface area contributed by atoms with E-state index in [1.807, 2.05) is 20.8 Å². The number of alkyl carbamates (subject to hydrolysis) is 1. The third kappa shape index (κ3) is 16.8. The van der Waals surface area contributed by atoms with Crippen LogP contribution in [-0.2, 0) is 27.5 Å². The van der Waals surface area contributed by atoms with E-state index >= 15 is 0 Å². The van der Waals surface area contributed by atoms with Crippen molar-refractivity contribution in [3.63, 3.8) is 0 Å². The second-order valence-electron chi connectivity index (χ2n) is 8.18. The fourth-order valence-electron chi connectivity index (χ4n) is 3.44. The van der Waals surface area contributed by atoms with Gasteiger partial charge in [-0.3, -0.25) is 0 Å². The van der Waals surface area contributed by atoms with Crippen molar-refractivity contribution in [2.24, 2.45) is 0 Å². The number of halogens is 3. The van der Waals surface area contributed by atoms with Crippen molar-refractivity contribution in [2.45, 2.75) is 65.3 Å². The zero-order valence-corrected chi connectivity index (χ0v) is 23.8. The molecule has 39 heavy (non-hydrogen) atoms. The van der Waals surface area contributed by atoms with Crippen LogP contribution in [0.3, 0.4) is 0 Å². The Kier molecular flexibility index (Phi) is 17.2. The molecule has 0 saturated carbocycles. The molecule has 0 spiro atoms. The van der Waals surface area contributed by atoms with E-state index in [1.165, 1.54) is 24.3 Å². The van der Waals surface area contributed by atoms with Gasteiger partial charge in [-0.15, -0.1) is 13.2 Å². The first-order valence-corrected chi connectivity index (χ1v) is 15.1. The number of unbranched alkanes of at least 4 members (excludes halogenated alkanes) is 3. The SMILES string of the molecule is CCO[Si](CCCNC(=O)OCCCCCCOC(=O)/C=C/c1ccc(OC(F)(F)F)cc1)(OCC)OCC. The first kappa shape index (κ1) is 34.4. The van der Waals surface area contributed by atoms with Crippen LogP contribution in [0.25, 0.3) is 6.08 Å². The van der Waals surface area contributed by atoms with Crippen LogP contribution in [-0.4, -0.2) is 66.8 Å². The third-order valence-corrected chi connectivity index (χ3v) is 8.21. The van der Waals surface area contributed by atoms with Gasteiger partial charge in [-0.2, -0.15) is 0 Å². The Labute approximate surface area is 229 Å². The Bertz CT molecular complexity index is 836. The summed E-state index contributed by atoms with van der Waals surface area (Å²) in [5, 5.41) is 2.72. The lowest BCUT2D eigenvalue weighted by Gasteiger charge is -2.28. The van der Waals surface area contributed by atoms with Crippen molar-refractivity contribution in [3.05, 3.63) is 35.9 Å². The molecule has 0 aromatic heterocycles. The number of esters is 1. The average Bonchev–Trinajstić information content (AvgIpc) is 2.87. The predicted molar refractivity (Wildman–Crippen MR) is 141 cm³/mol. The lowest BCUT2D eigenvalue weighted by molar-refractivity contribution is -0.274. The van der Waals surface area contributed by atoms with Gasteiger partial charge in [-0.05, 0) is 76.6 Å². The molecule has 0 bridgehead atoms. The topological polar surface area (TPSA) is 102 Å². The van der Waals surface area contributed by atoms with Crippen molar-refractivity contribution in [2.75, 3.05) is 39.6 Å². The minimum atomic E-state index is -4.75. The molecule has 0 radical (unpaired) electrons. The van der Waals surface area contributed by atoms with Crippen LogP contribution in [0.15, 0.2) is 30.3 Å². The smallest absolute Gasteiger partial charge is 0.463 e. The molecule has 0 aliphatic heterocycles. The molecule has 0 saturated heterocycles. The van der Waals surface area contributed by atoms with Crippen molar-refractivity contribution < 1.29 is 50.2 Å². The van der Waals surface area contributed by atoms with Gasteiger partial charge in [0.25, 0.3) is 0 Å². The minimum absolute atomic E-state index is 0.235. The van der Waals surface area contributed by atoms with Crippen LogP contribution in [0.1, 0.15) is 58.4 Å². The van der Waals surface area contributed by atoms with Gasteiger partial charge in [-0.25, -0.2) is 9.59 Å². The largest absolute Gasteiger partial charge is 0.573 e. The fraction of sp³-hybridized carbons (Fsp3) is 0.615. The Balaban J connectivity index is 2.10. The molecule has 0 heterocycles. The normalized spacial score (nSPS) is 11.9. The highest BCUT2D eigenvalue weighted by molar-refractivity contribution is 6.60. The van der Waals surface area contributed by atoms with Gasteiger partial charge in [0.15, 0.2) is 0 Å². The van der Waals surface area contributed by atoms with Gasteiger partial charge in [-0.1, -0.05) is 12.1 Å². The van der Waals surface area contributed by atoms with E-state index in [-0.39, 0.29) is 19.0 Å². The number of benzene rings is 1. The number of carbonyl (C=O) groups excluding carboxylic acids is 2. The van der Waals surface area contributed by atoms with Gasteiger partial charge in [0.2, 0.25) is 0 Å². The Morgan fingerprint density at radius 3 is 1.95 bits per heavy atom. The maximum Gasteiger partial charge on any atom is 0.573 e. The number of ether oxygens (including phenoxy) is 3. The summed E-state index contributed by atoms with van der Waals surface area (Å²) in [6.07, 6.45) is 1.01. The summed E-state index contributed by atoms with van der Waals surface area (Å²) in [6, 6.07) is 5.72. The number of hydrogen-bond acceptors (Lipinski definition) is 8. The van der Waals surface area contributed by atoms with E-state index in [4.69, 9.17) is 22.8 Å². The number of nitrogens with one attached hydrogen (secondary N) is 1. The maximum atomic E-state index is 12.2. The second-order valence-corrected chi connectivity index (χ2v) is 10.9. The predicted octanol–water partition coefficient (Wildman–Crippen LogP) is 5.87. The first-order valence-electron chi connectivity index (χ1n) is 13.2. The molecular weight excluding hydrogens is 539 g/mol. The van der Waals surface area contributed by atoms with Crippen LogP contribution in [0.2, 0.25) is 6.04 Å². The van der Waals surface area contributed by atoms with Gasteiger partial charge >= 0.3 is 27.2 Å². The van der Waals surface area contributed by atoms with E-state index in [2.05, 4.69) is 10.1 Å². The molecule has 0 unspecified atom stereocenters. The van der Waals surface area contributed by atoms with Crippen LogP contribution >= 0.6 is 0 Å².